The number of halogens is 1. The summed E-state index contributed by atoms with van der Waals surface area (Å²) in [7, 11) is 0. The number of benzene rings is 2. The Balaban J connectivity index is 1.51. The first-order chi connectivity index (χ1) is 12.6. The van der Waals surface area contributed by atoms with Gasteiger partial charge in [0.25, 0.3) is 0 Å². The van der Waals surface area contributed by atoms with E-state index in [2.05, 4.69) is 10.3 Å². The molecular formula is C20H18FN3O2. The van der Waals surface area contributed by atoms with E-state index >= 15 is 0 Å². The van der Waals surface area contributed by atoms with Crippen LogP contribution in [0.15, 0.2) is 66.9 Å². The zero-order valence-electron chi connectivity index (χ0n) is 14.0. The number of carbonyl (C=O) groups is 1. The summed E-state index contributed by atoms with van der Waals surface area (Å²) in [5, 5.41) is 3.28. The highest BCUT2D eigenvalue weighted by Gasteiger charge is 2.03. The Hall–Kier alpha value is -3.25. The van der Waals surface area contributed by atoms with E-state index in [1.165, 1.54) is 12.1 Å². The lowest BCUT2D eigenvalue weighted by molar-refractivity contribution is 0.100. The number of rotatable bonds is 7. The van der Waals surface area contributed by atoms with Crippen LogP contribution in [0.4, 0.5) is 4.39 Å². The van der Waals surface area contributed by atoms with Crippen LogP contribution in [0.5, 0.6) is 11.6 Å². The van der Waals surface area contributed by atoms with Gasteiger partial charge in [0.15, 0.2) is 0 Å². The zero-order valence-corrected chi connectivity index (χ0v) is 14.0. The molecule has 0 radical (unpaired) electrons. The van der Waals surface area contributed by atoms with Gasteiger partial charge in [0.2, 0.25) is 11.8 Å². The predicted octanol–water partition coefficient (Wildman–Crippen LogP) is 3.40. The van der Waals surface area contributed by atoms with E-state index in [-0.39, 0.29) is 5.82 Å². The third kappa shape index (κ3) is 4.87. The number of nitrogens with zero attached hydrogens (tertiary/aromatic N) is 1. The minimum Gasteiger partial charge on any atom is -0.439 e. The molecule has 0 aliphatic heterocycles. The van der Waals surface area contributed by atoms with Crippen molar-refractivity contribution >= 4 is 5.91 Å². The Morgan fingerprint density at radius 2 is 1.62 bits per heavy atom. The molecule has 132 valence electrons. The molecule has 3 aromatic rings. The molecule has 0 spiro atoms. The molecule has 0 saturated heterocycles. The molecule has 1 heterocycles. The first-order valence-corrected chi connectivity index (χ1v) is 8.08. The molecule has 6 heteroatoms. The topological polar surface area (TPSA) is 77.2 Å². The maximum Gasteiger partial charge on any atom is 0.248 e. The number of aromatic nitrogens is 1. The van der Waals surface area contributed by atoms with Gasteiger partial charge in [-0.15, -0.1) is 0 Å². The second-order valence-corrected chi connectivity index (χ2v) is 5.73. The van der Waals surface area contributed by atoms with E-state index in [1.54, 1.807) is 48.7 Å². The zero-order chi connectivity index (χ0) is 18.4. The molecule has 0 unspecified atom stereocenters. The predicted molar refractivity (Wildman–Crippen MR) is 96.2 cm³/mol. The summed E-state index contributed by atoms with van der Waals surface area (Å²) in [6.07, 6.45) is 1.73. The first kappa shape index (κ1) is 17.6. The van der Waals surface area contributed by atoms with E-state index in [0.29, 0.717) is 30.3 Å². The fourth-order valence-electron chi connectivity index (χ4n) is 2.34. The van der Waals surface area contributed by atoms with Crippen molar-refractivity contribution in [1.29, 1.82) is 0 Å². The number of nitrogens with one attached hydrogen (secondary N) is 1. The highest BCUT2D eigenvalue weighted by Crippen LogP contribution is 2.19. The van der Waals surface area contributed by atoms with Crippen molar-refractivity contribution in [2.75, 3.05) is 0 Å². The van der Waals surface area contributed by atoms with Gasteiger partial charge >= 0.3 is 0 Å². The third-order valence-electron chi connectivity index (χ3n) is 3.73. The summed E-state index contributed by atoms with van der Waals surface area (Å²) in [6.45, 7) is 1.28. The molecule has 0 saturated carbocycles. The van der Waals surface area contributed by atoms with E-state index in [0.717, 1.165) is 11.1 Å². The Morgan fingerprint density at radius 3 is 2.23 bits per heavy atom. The van der Waals surface area contributed by atoms with E-state index in [4.69, 9.17) is 10.5 Å². The number of nitrogens with two attached hydrogens (primary N) is 1. The molecule has 3 N–H and O–H groups in total. The molecule has 0 aliphatic rings. The minimum absolute atomic E-state index is 0.238. The van der Waals surface area contributed by atoms with Gasteiger partial charge in [-0.05, 0) is 47.5 Å². The van der Waals surface area contributed by atoms with Crippen LogP contribution in [0, 0.1) is 5.82 Å². The van der Waals surface area contributed by atoms with Crippen molar-refractivity contribution in [3.8, 4) is 11.6 Å². The summed E-state index contributed by atoms with van der Waals surface area (Å²) in [6, 6.07) is 16.6. The van der Waals surface area contributed by atoms with Crippen LogP contribution < -0.4 is 15.8 Å². The molecule has 26 heavy (non-hydrogen) atoms. The molecule has 0 fully saturated rings. The smallest absolute Gasteiger partial charge is 0.248 e. The first-order valence-electron chi connectivity index (χ1n) is 8.08. The Kier molecular flexibility index (Phi) is 5.56. The summed E-state index contributed by atoms with van der Waals surface area (Å²) in [5.74, 6) is 0.314. The minimum atomic E-state index is -0.479. The van der Waals surface area contributed by atoms with Gasteiger partial charge < -0.3 is 15.8 Å². The lowest BCUT2D eigenvalue weighted by Crippen LogP contribution is -2.12. The molecule has 0 bridgehead atoms. The number of pyridine rings is 1. The number of ether oxygens (including phenoxy) is 1. The largest absolute Gasteiger partial charge is 0.439 e. The Bertz CT molecular complexity index is 863. The average molecular weight is 351 g/mol. The van der Waals surface area contributed by atoms with E-state index < -0.39 is 5.91 Å². The highest BCUT2D eigenvalue weighted by molar-refractivity contribution is 5.92. The third-order valence-corrected chi connectivity index (χ3v) is 3.73. The van der Waals surface area contributed by atoms with Gasteiger partial charge in [0.05, 0.1) is 0 Å². The van der Waals surface area contributed by atoms with Crippen LogP contribution in [0.25, 0.3) is 0 Å². The number of hydrogen-bond donors (Lipinski definition) is 2. The maximum atomic E-state index is 12.9. The number of hydrogen-bond acceptors (Lipinski definition) is 4. The van der Waals surface area contributed by atoms with Gasteiger partial charge in [-0.25, -0.2) is 9.37 Å². The van der Waals surface area contributed by atoms with Gasteiger partial charge in [0, 0.05) is 30.9 Å². The lowest BCUT2D eigenvalue weighted by atomic mass is 10.2. The fourth-order valence-corrected chi connectivity index (χ4v) is 2.34. The number of carbonyl (C=O) groups excluding carboxylic acids is 1. The second-order valence-electron chi connectivity index (χ2n) is 5.73. The van der Waals surface area contributed by atoms with Crippen molar-refractivity contribution in [1.82, 2.24) is 10.3 Å². The van der Waals surface area contributed by atoms with Crippen molar-refractivity contribution in [2.24, 2.45) is 5.73 Å². The molecule has 5 nitrogen and oxygen atoms in total. The summed E-state index contributed by atoms with van der Waals surface area (Å²) in [4.78, 5) is 15.3. The molecule has 1 aromatic heterocycles. The van der Waals surface area contributed by atoms with Crippen LogP contribution in [-0.2, 0) is 13.1 Å². The van der Waals surface area contributed by atoms with Crippen molar-refractivity contribution < 1.29 is 13.9 Å². The van der Waals surface area contributed by atoms with Gasteiger partial charge in [0.1, 0.15) is 11.6 Å². The van der Waals surface area contributed by atoms with E-state index in [1.807, 2.05) is 6.07 Å². The molecule has 2 aromatic carbocycles. The fraction of sp³-hybridized carbons (Fsp3) is 0.100. The normalized spacial score (nSPS) is 10.5. The van der Waals surface area contributed by atoms with Crippen molar-refractivity contribution in [3.63, 3.8) is 0 Å². The molecule has 1 amide bonds. The van der Waals surface area contributed by atoms with Crippen molar-refractivity contribution in [2.45, 2.75) is 13.1 Å². The summed E-state index contributed by atoms with van der Waals surface area (Å²) >= 11 is 0. The average Bonchev–Trinajstić information content (AvgIpc) is 2.65. The summed E-state index contributed by atoms with van der Waals surface area (Å²) in [5.41, 5.74) is 7.64. The quantitative estimate of drug-likeness (QED) is 0.684. The SMILES string of the molecule is NC(=O)c1ccc(Oc2ccc(CNCc3ccc(F)cc3)cn2)cc1. The van der Waals surface area contributed by atoms with Crippen LogP contribution in [-0.4, -0.2) is 10.9 Å². The maximum absolute atomic E-state index is 12.9. The summed E-state index contributed by atoms with van der Waals surface area (Å²) < 4.78 is 18.5. The molecule has 3 rings (SSSR count). The highest BCUT2D eigenvalue weighted by atomic mass is 19.1. The molecular weight excluding hydrogens is 333 g/mol. The van der Waals surface area contributed by atoms with E-state index in [9.17, 15) is 9.18 Å². The second kappa shape index (κ2) is 8.22. The van der Waals surface area contributed by atoms with Crippen LogP contribution >= 0.6 is 0 Å². The number of primary amides is 1. The Labute approximate surface area is 150 Å². The van der Waals surface area contributed by atoms with Crippen molar-refractivity contribution in [3.05, 3.63) is 89.4 Å². The molecule has 0 atom stereocenters. The monoisotopic (exact) mass is 351 g/mol. The standard InChI is InChI=1S/C20H18FN3O2/c21-17-6-1-14(2-7-17)11-23-12-15-3-10-19(24-13-15)26-18-8-4-16(5-9-18)20(22)25/h1-10,13,23H,11-12H2,(H2,22,25). The number of amides is 1. The molecule has 0 aliphatic carbocycles. The van der Waals surface area contributed by atoms with Gasteiger partial charge in [-0.1, -0.05) is 18.2 Å². The van der Waals surface area contributed by atoms with Crippen LogP contribution in [0.1, 0.15) is 21.5 Å². The van der Waals surface area contributed by atoms with Crippen LogP contribution in [0.2, 0.25) is 0 Å². The van der Waals surface area contributed by atoms with Crippen LogP contribution in [0.3, 0.4) is 0 Å². The van der Waals surface area contributed by atoms with Gasteiger partial charge in [-0.2, -0.15) is 0 Å². The lowest BCUT2D eigenvalue weighted by Gasteiger charge is -2.07. The Morgan fingerprint density at radius 1 is 0.962 bits per heavy atom. The van der Waals surface area contributed by atoms with Gasteiger partial charge in [-0.3, -0.25) is 4.79 Å².